The van der Waals surface area contributed by atoms with Crippen LogP contribution in [-0.4, -0.2) is 51.0 Å². The fraction of sp³-hybridized carbons (Fsp3) is 0.308. The summed E-state index contributed by atoms with van der Waals surface area (Å²) in [6.45, 7) is 0.968. The number of rotatable bonds is 9. The van der Waals surface area contributed by atoms with Crippen LogP contribution in [0, 0.1) is 5.82 Å². The van der Waals surface area contributed by atoms with Crippen molar-refractivity contribution in [3.63, 3.8) is 0 Å². The van der Waals surface area contributed by atoms with Gasteiger partial charge in [0.15, 0.2) is 0 Å². The molecule has 0 spiro atoms. The topological polar surface area (TPSA) is 89.4 Å². The van der Waals surface area contributed by atoms with Crippen molar-refractivity contribution in [2.75, 3.05) is 13.2 Å². The van der Waals surface area contributed by atoms with E-state index in [9.17, 15) is 9.59 Å². The molecule has 0 saturated carbocycles. The van der Waals surface area contributed by atoms with E-state index in [-0.39, 0.29) is 30.7 Å². The number of fused-ring (bicyclic) bond motifs is 1. The number of benzene rings is 2. The minimum Gasteiger partial charge on any atom is -0.376 e. The summed E-state index contributed by atoms with van der Waals surface area (Å²) in [6, 6.07) is 16.0. The molecule has 2 amide bonds. The Hall–Kier alpha value is -3.63. The highest BCUT2D eigenvalue weighted by Gasteiger charge is 2.34. The average molecular weight is 508 g/mol. The van der Waals surface area contributed by atoms with Crippen LogP contribution in [0.3, 0.4) is 0 Å². The predicted octanol–water partition coefficient (Wildman–Crippen LogP) is 3.70. The number of aromatic nitrogens is 3. The molecule has 10 heteroatoms. The SMILES string of the molecule is O=C(NCC1CCCO1)C(c1ccccc1F)N(Cc1cccs1)C(=O)Cn1nnc2ccccc21. The van der Waals surface area contributed by atoms with Gasteiger partial charge in [-0.05, 0) is 42.5 Å². The van der Waals surface area contributed by atoms with Crippen LogP contribution in [0.4, 0.5) is 4.39 Å². The lowest BCUT2D eigenvalue weighted by Gasteiger charge is -2.31. The van der Waals surface area contributed by atoms with Crippen molar-refractivity contribution in [3.8, 4) is 0 Å². The molecule has 1 saturated heterocycles. The zero-order valence-corrected chi connectivity index (χ0v) is 20.4. The number of amides is 2. The number of halogens is 1. The molecule has 1 aliphatic rings. The van der Waals surface area contributed by atoms with Crippen molar-refractivity contribution >= 4 is 34.2 Å². The maximum absolute atomic E-state index is 15.1. The van der Waals surface area contributed by atoms with Crippen LogP contribution in [0.2, 0.25) is 0 Å². The summed E-state index contributed by atoms with van der Waals surface area (Å²) in [7, 11) is 0. The van der Waals surface area contributed by atoms with Gasteiger partial charge in [0.2, 0.25) is 11.8 Å². The Morgan fingerprint density at radius 3 is 2.78 bits per heavy atom. The lowest BCUT2D eigenvalue weighted by atomic mass is 10.0. The molecule has 0 radical (unpaired) electrons. The third kappa shape index (κ3) is 5.29. The third-order valence-electron chi connectivity index (χ3n) is 6.22. The second kappa shape index (κ2) is 11.0. The van der Waals surface area contributed by atoms with Gasteiger partial charge in [-0.2, -0.15) is 0 Å². The summed E-state index contributed by atoms with van der Waals surface area (Å²) >= 11 is 1.47. The van der Waals surface area contributed by atoms with Crippen molar-refractivity contribution in [2.24, 2.45) is 0 Å². The number of carbonyl (C=O) groups is 2. The van der Waals surface area contributed by atoms with Crippen LogP contribution < -0.4 is 5.32 Å². The number of ether oxygens (including phenoxy) is 1. The number of para-hydroxylation sites is 1. The number of carbonyl (C=O) groups excluding carboxylic acids is 2. The zero-order chi connectivity index (χ0) is 24.9. The molecule has 186 valence electrons. The third-order valence-corrected chi connectivity index (χ3v) is 7.08. The van der Waals surface area contributed by atoms with Gasteiger partial charge in [0.1, 0.15) is 23.9 Å². The van der Waals surface area contributed by atoms with Crippen molar-refractivity contribution in [3.05, 3.63) is 82.3 Å². The van der Waals surface area contributed by atoms with Crippen LogP contribution in [0.5, 0.6) is 0 Å². The van der Waals surface area contributed by atoms with Gasteiger partial charge in [0.05, 0.1) is 18.2 Å². The molecule has 2 aromatic heterocycles. The Labute approximate surface area is 211 Å². The lowest BCUT2D eigenvalue weighted by Crippen LogP contribution is -2.46. The second-order valence-corrected chi connectivity index (χ2v) is 9.67. The summed E-state index contributed by atoms with van der Waals surface area (Å²) in [5.41, 5.74) is 1.50. The van der Waals surface area contributed by atoms with E-state index in [1.165, 1.54) is 27.0 Å². The first-order valence-electron chi connectivity index (χ1n) is 11.8. The normalized spacial score (nSPS) is 16.2. The highest BCUT2D eigenvalue weighted by Crippen LogP contribution is 2.28. The maximum Gasteiger partial charge on any atom is 0.247 e. The first-order chi connectivity index (χ1) is 17.6. The van der Waals surface area contributed by atoms with Crippen molar-refractivity contribution < 1.29 is 18.7 Å². The monoisotopic (exact) mass is 507 g/mol. The Bertz CT molecular complexity index is 1340. The lowest BCUT2D eigenvalue weighted by molar-refractivity contribution is -0.142. The molecule has 1 N–H and O–H groups in total. The molecule has 5 rings (SSSR count). The molecule has 2 atom stereocenters. The second-order valence-electron chi connectivity index (χ2n) is 8.64. The fourth-order valence-electron chi connectivity index (χ4n) is 4.41. The average Bonchev–Trinajstić information content (AvgIpc) is 3.67. The molecule has 2 aromatic carbocycles. The van der Waals surface area contributed by atoms with Crippen LogP contribution in [0.25, 0.3) is 11.0 Å². The standard InChI is InChI=1S/C26H26FN5O3S/c27-21-10-2-1-9-20(21)25(26(34)28-15-18-7-5-13-35-18)31(16-19-8-6-14-36-19)24(33)17-32-23-12-4-3-11-22(23)29-30-32/h1-4,6,8-12,14,18,25H,5,7,13,15-17H2,(H,28,34). The van der Waals surface area contributed by atoms with Gasteiger partial charge in [0.25, 0.3) is 0 Å². The zero-order valence-electron chi connectivity index (χ0n) is 19.5. The molecule has 1 aliphatic heterocycles. The van der Waals surface area contributed by atoms with Crippen LogP contribution >= 0.6 is 11.3 Å². The Kier molecular flexibility index (Phi) is 7.33. The van der Waals surface area contributed by atoms with Gasteiger partial charge in [-0.3, -0.25) is 9.59 Å². The van der Waals surface area contributed by atoms with Gasteiger partial charge in [-0.15, -0.1) is 16.4 Å². The molecule has 4 aromatic rings. The maximum atomic E-state index is 15.1. The molecule has 8 nitrogen and oxygen atoms in total. The first kappa shape index (κ1) is 24.1. The minimum atomic E-state index is -1.17. The molecular formula is C26H26FN5O3S. The molecular weight excluding hydrogens is 481 g/mol. The van der Waals surface area contributed by atoms with Crippen LogP contribution in [-0.2, 0) is 27.4 Å². The van der Waals surface area contributed by atoms with Crippen molar-refractivity contribution in [2.45, 2.75) is 38.1 Å². The smallest absolute Gasteiger partial charge is 0.247 e. The van der Waals surface area contributed by atoms with Crippen molar-refractivity contribution in [1.82, 2.24) is 25.2 Å². The Morgan fingerprint density at radius 2 is 2.00 bits per heavy atom. The Balaban J connectivity index is 1.48. The quantitative estimate of drug-likeness (QED) is 0.373. The van der Waals surface area contributed by atoms with E-state index in [2.05, 4.69) is 15.6 Å². The van der Waals surface area contributed by atoms with Gasteiger partial charge < -0.3 is 15.0 Å². The van der Waals surface area contributed by atoms with E-state index >= 15 is 4.39 Å². The van der Waals surface area contributed by atoms with E-state index in [1.807, 2.05) is 41.8 Å². The number of nitrogens with one attached hydrogen (secondary N) is 1. The molecule has 0 aliphatic carbocycles. The highest BCUT2D eigenvalue weighted by molar-refractivity contribution is 7.09. The largest absolute Gasteiger partial charge is 0.376 e. The summed E-state index contributed by atoms with van der Waals surface area (Å²) in [5, 5.41) is 13.1. The van der Waals surface area contributed by atoms with Crippen molar-refractivity contribution in [1.29, 1.82) is 0 Å². The van der Waals surface area contributed by atoms with Gasteiger partial charge in [0, 0.05) is 23.6 Å². The summed E-state index contributed by atoms with van der Waals surface area (Å²) in [4.78, 5) is 29.7. The highest BCUT2D eigenvalue weighted by atomic mass is 32.1. The predicted molar refractivity (Wildman–Crippen MR) is 134 cm³/mol. The number of hydrogen-bond acceptors (Lipinski definition) is 6. The summed E-state index contributed by atoms with van der Waals surface area (Å²) < 4.78 is 22.2. The number of hydrogen-bond donors (Lipinski definition) is 1. The van der Waals surface area contributed by atoms with E-state index in [0.717, 1.165) is 17.7 Å². The van der Waals surface area contributed by atoms with Crippen LogP contribution in [0.15, 0.2) is 66.0 Å². The number of nitrogens with zero attached hydrogens (tertiary/aromatic N) is 4. The number of thiophene rings is 1. The molecule has 2 unspecified atom stereocenters. The van der Waals surface area contributed by atoms with Crippen LogP contribution in [0.1, 0.15) is 29.3 Å². The minimum absolute atomic E-state index is 0.0850. The summed E-state index contributed by atoms with van der Waals surface area (Å²) in [6.07, 6.45) is 1.70. The molecule has 1 fully saturated rings. The fourth-order valence-corrected chi connectivity index (χ4v) is 5.11. The van der Waals surface area contributed by atoms with Gasteiger partial charge >= 0.3 is 0 Å². The molecule has 0 bridgehead atoms. The van der Waals surface area contributed by atoms with E-state index in [0.29, 0.717) is 24.2 Å². The van der Waals surface area contributed by atoms with Gasteiger partial charge in [-0.25, -0.2) is 9.07 Å². The summed E-state index contributed by atoms with van der Waals surface area (Å²) in [5.74, 6) is -1.38. The van der Waals surface area contributed by atoms with E-state index in [1.54, 1.807) is 18.2 Å². The Morgan fingerprint density at radius 1 is 1.17 bits per heavy atom. The molecule has 3 heterocycles. The van der Waals surface area contributed by atoms with E-state index in [4.69, 9.17) is 4.74 Å². The van der Waals surface area contributed by atoms with Gasteiger partial charge in [-0.1, -0.05) is 41.6 Å². The first-order valence-corrected chi connectivity index (χ1v) is 12.7. The molecule has 36 heavy (non-hydrogen) atoms. The van der Waals surface area contributed by atoms with E-state index < -0.39 is 17.8 Å².